The lowest BCUT2D eigenvalue weighted by Crippen LogP contribution is -2.24. The highest BCUT2D eigenvalue weighted by atomic mass is 79.9. The van der Waals surface area contributed by atoms with Crippen LogP contribution in [0.1, 0.15) is 30.4 Å². The summed E-state index contributed by atoms with van der Waals surface area (Å²) in [6.07, 6.45) is 2.22. The van der Waals surface area contributed by atoms with E-state index in [1.807, 2.05) is 0 Å². The van der Waals surface area contributed by atoms with Gasteiger partial charge in [0.05, 0.1) is 0 Å². The first-order valence-electron chi connectivity index (χ1n) is 10.4. The molecule has 0 nitrogen and oxygen atoms in total. The van der Waals surface area contributed by atoms with E-state index in [0.29, 0.717) is 5.92 Å². The summed E-state index contributed by atoms with van der Waals surface area (Å²) < 4.78 is 0. The van der Waals surface area contributed by atoms with Crippen molar-refractivity contribution in [2.24, 2.45) is 0 Å². The molecule has 0 aliphatic carbocycles. The van der Waals surface area contributed by atoms with Crippen LogP contribution in [0.5, 0.6) is 0 Å². The van der Waals surface area contributed by atoms with Gasteiger partial charge in [0.25, 0.3) is 0 Å². The number of hydrogen-bond acceptors (Lipinski definition) is 0. The van der Waals surface area contributed by atoms with E-state index in [9.17, 15) is 0 Å². The maximum Gasteiger partial charge on any atom is -0.0119 e. The summed E-state index contributed by atoms with van der Waals surface area (Å²) in [4.78, 5) is 0. The highest BCUT2D eigenvalue weighted by Gasteiger charge is 2.21. The van der Waals surface area contributed by atoms with Gasteiger partial charge in [0.15, 0.2) is 0 Å². The van der Waals surface area contributed by atoms with E-state index < -0.39 is 7.92 Å². The Morgan fingerprint density at radius 2 is 1.07 bits per heavy atom. The number of halogens is 1. The fourth-order valence-corrected chi connectivity index (χ4v) is 6.45. The summed E-state index contributed by atoms with van der Waals surface area (Å²) in [5.74, 6) is 0.542. The van der Waals surface area contributed by atoms with Crippen LogP contribution in [0, 0.1) is 0 Å². The molecule has 0 aromatic heterocycles. The Labute approximate surface area is 192 Å². The minimum absolute atomic E-state index is 0. The topological polar surface area (TPSA) is 0 Å². The molecular weight excluding hydrogens is 447 g/mol. The molecule has 152 valence electrons. The Bertz CT molecular complexity index is 976. The Hall–Kier alpha value is -2.21. The van der Waals surface area contributed by atoms with Gasteiger partial charge in [-0.2, -0.15) is 0 Å². The van der Waals surface area contributed by atoms with E-state index in [1.165, 1.54) is 27.0 Å². The Kier molecular flexibility index (Phi) is 8.43. The Balaban J connectivity index is 0.00000256. The highest BCUT2D eigenvalue weighted by molar-refractivity contribution is 8.93. The molecule has 0 saturated heterocycles. The van der Waals surface area contributed by atoms with Crippen molar-refractivity contribution in [1.29, 1.82) is 0 Å². The van der Waals surface area contributed by atoms with Crippen LogP contribution in [0.3, 0.4) is 0 Å². The van der Waals surface area contributed by atoms with E-state index in [1.54, 1.807) is 0 Å². The molecule has 0 amide bonds. The summed E-state index contributed by atoms with van der Waals surface area (Å²) in [5, 5.41) is 4.30. The third kappa shape index (κ3) is 5.28. The fourth-order valence-electron chi connectivity index (χ4n) is 3.97. The zero-order chi connectivity index (χ0) is 19.9. The fraction of sp³-hybridized carbons (Fsp3) is 0.143. The van der Waals surface area contributed by atoms with E-state index in [2.05, 4.69) is 122 Å². The van der Waals surface area contributed by atoms with Crippen LogP contribution in [0.2, 0.25) is 0 Å². The van der Waals surface area contributed by atoms with Crippen LogP contribution in [-0.2, 0) is 6.42 Å². The standard InChI is InChI=1S/C28H27P.BrH/c1-2-23(24-14-6-3-7-15-24)22-25-16-12-13-21-28(25)29(26-17-8-4-9-18-26)27-19-10-5-11-20-27;/h3-21,23H,2,22H2,1H3;1H. The maximum atomic E-state index is 2.35. The molecule has 0 heterocycles. The van der Waals surface area contributed by atoms with E-state index in [0.717, 1.165) is 12.8 Å². The second-order valence-electron chi connectivity index (χ2n) is 7.36. The summed E-state index contributed by atoms with van der Waals surface area (Å²) in [6, 6.07) is 42.0. The van der Waals surface area contributed by atoms with Gasteiger partial charge < -0.3 is 0 Å². The normalized spacial score (nSPS) is 11.7. The predicted octanol–water partition coefficient (Wildman–Crippen LogP) is 6.76. The molecule has 4 rings (SSSR count). The first-order valence-corrected chi connectivity index (χ1v) is 11.7. The monoisotopic (exact) mass is 474 g/mol. The molecule has 1 atom stereocenters. The summed E-state index contributed by atoms with van der Waals surface area (Å²) in [7, 11) is -0.571. The molecule has 0 N–H and O–H groups in total. The zero-order valence-electron chi connectivity index (χ0n) is 17.3. The molecule has 4 aromatic rings. The second kappa shape index (κ2) is 11.3. The van der Waals surface area contributed by atoms with E-state index in [4.69, 9.17) is 0 Å². The molecule has 0 spiro atoms. The van der Waals surface area contributed by atoms with Crippen LogP contribution in [0.25, 0.3) is 0 Å². The molecule has 0 bridgehead atoms. The third-order valence-electron chi connectivity index (χ3n) is 5.49. The minimum atomic E-state index is -0.571. The lowest BCUT2D eigenvalue weighted by atomic mass is 9.90. The quantitative estimate of drug-likeness (QED) is 0.259. The molecular formula is C28H28BrP. The van der Waals surface area contributed by atoms with Crippen LogP contribution in [0.4, 0.5) is 0 Å². The Morgan fingerprint density at radius 1 is 0.600 bits per heavy atom. The van der Waals surface area contributed by atoms with Crippen LogP contribution < -0.4 is 15.9 Å². The van der Waals surface area contributed by atoms with Crippen molar-refractivity contribution in [1.82, 2.24) is 0 Å². The van der Waals surface area contributed by atoms with Gasteiger partial charge in [-0.05, 0) is 53.7 Å². The van der Waals surface area contributed by atoms with Crippen molar-refractivity contribution in [3.63, 3.8) is 0 Å². The number of benzene rings is 4. The lowest BCUT2D eigenvalue weighted by molar-refractivity contribution is 0.662. The summed E-state index contributed by atoms with van der Waals surface area (Å²) in [6.45, 7) is 2.30. The maximum absolute atomic E-state index is 2.35. The second-order valence-corrected chi connectivity index (χ2v) is 9.54. The molecule has 0 aliphatic heterocycles. The van der Waals surface area contributed by atoms with Crippen molar-refractivity contribution in [2.45, 2.75) is 25.7 Å². The summed E-state index contributed by atoms with van der Waals surface area (Å²) >= 11 is 0. The van der Waals surface area contributed by atoms with E-state index in [-0.39, 0.29) is 17.0 Å². The van der Waals surface area contributed by atoms with Crippen molar-refractivity contribution >= 4 is 40.8 Å². The van der Waals surface area contributed by atoms with Crippen molar-refractivity contribution in [3.8, 4) is 0 Å². The van der Waals surface area contributed by atoms with Gasteiger partial charge in [-0.25, -0.2) is 0 Å². The average molecular weight is 475 g/mol. The molecule has 30 heavy (non-hydrogen) atoms. The number of hydrogen-bond donors (Lipinski definition) is 0. The average Bonchev–Trinajstić information content (AvgIpc) is 2.80. The molecule has 0 fully saturated rings. The molecule has 2 heteroatoms. The summed E-state index contributed by atoms with van der Waals surface area (Å²) in [5.41, 5.74) is 2.91. The molecule has 0 saturated carbocycles. The molecule has 0 radical (unpaired) electrons. The molecule has 4 aromatic carbocycles. The van der Waals surface area contributed by atoms with Gasteiger partial charge in [0, 0.05) is 0 Å². The van der Waals surface area contributed by atoms with Gasteiger partial charge in [-0.15, -0.1) is 17.0 Å². The van der Waals surface area contributed by atoms with Gasteiger partial charge in [0.2, 0.25) is 0 Å². The van der Waals surface area contributed by atoms with Gasteiger partial charge in [0.1, 0.15) is 0 Å². The van der Waals surface area contributed by atoms with Crippen LogP contribution >= 0.6 is 24.9 Å². The smallest absolute Gasteiger partial charge is 0.0119 e. The minimum Gasteiger partial charge on any atom is -0.114 e. The number of rotatable bonds is 7. The zero-order valence-corrected chi connectivity index (χ0v) is 19.9. The van der Waals surface area contributed by atoms with Crippen molar-refractivity contribution in [2.75, 3.05) is 0 Å². The first-order chi connectivity index (χ1) is 14.4. The van der Waals surface area contributed by atoms with Crippen molar-refractivity contribution in [3.05, 3.63) is 126 Å². The van der Waals surface area contributed by atoms with Crippen molar-refractivity contribution < 1.29 is 0 Å². The SMILES string of the molecule is Br.CCC(Cc1ccccc1P(c1ccccc1)c1ccccc1)c1ccccc1. The molecule has 1 unspecified atom stereocenters. The Morgan fingerprint density at radius 3 is 1.60 bits per heavy atom. The first kappa shape index (κ1) is 22.5. The molecule has 0 aliphatic rings. The predicted molar refractivity (Wildman–Crippen MR) is 139 cm³/mol. The van der Waals surface area contributed by atoms with Crippen LogP contribution in [-0.4, -0.2) is 0 Å². The van der Waals surface area contributed by atoms with Gasteiger partial charge >= 0.3 is 0 Å². The van der Waals surface area contributed by atoms with Gasteiger partial charge in [-0.1, -0.05) is 122 Å². The van der Waals surface area contributed by atoms with Crippen LogP contribution in [0.15, 0.2) is 115 Å². The lowest BCUT2D eigenvalue weighted by Gasteiger charge is -2.24. The van der Waals surface area contributed by atoms with Gasteiger partial charge in [-0.3, -0.25) is 0 Å². The van der Waals surface area contributed by atoms with E-state index >= 15 is 0 Å². The highest BCUT2D eigenvalue weighted by Crippen LogP contribution is 2.35. The largest absolute Gasteiger partial charge is 0.114 e. The third-order valence-corrected chi connectivity index (χ3v) is 8.04.